The van der Waals surface area contributed by atoms with Crippen LogP contribution >= 0.6 is 0 Å². The average Bonchev–Trinajstić information content (AvgIpc) is 2.59. The number of anilines is 1. The number of nitrogens with one attached hydrogen (secondary N) is 1. The quantitative estimate of drug-likeness (QED) is 0.873. The molecule has 3 rings (SSSR count). The molecule has 1 saturated heterocycles. The Bertz CT molecular complexity index is 622. The third-order valence-electron chi connectivity index (χ3n) is 4.35. The second-order valence-corrected chi connectivity index (χ2v) is 6.71. The summed E-state index contributed by atoms with van der Waals surface area (Å²) in [6.45, 7) is 7.38. The minimum atomic E-state index is 0.190. The fourth-order valence-electron chi connectivity index (χ4n) is 3.14. The summed E-state index contributed by atoms with van der Waals surface area (Å²) in [6, 6.07) is 13.0. The first kappa shape index (κ1) is 16.8. The van der Waals surface area contributed by atoms with Crippen molar-refractivity contribution in [1.29, 1.82) is 0 Å². The molecule has 1 fully saturated rings. The molecule has 0 amide bonds. The molecule has 1 aromatic carbocycles. The van der Waals surface area contributed by atoms with Crippen molar-refractivity contribution in [2.45, 2.75) is 45.4 Å². The lowest BCUT2D eigenvalue weighted by Gasteiger charge is -2.33. The lowest BCUT2D eigenvalue weighted by atomic mass is 10.0. The Labute approximate surface area is 144 Å². The minimum Gasteiger partial charge on any atom is -0.489 e. The second kappa shape index (κ2) is 8.15. The number of likely N-dealkylation sites (tertiary alicyclic amines) is 1. The molecule has 0 spiro atoms. The van der Waals surface area contributed by atoms with Gasteiger partial charge in [0.25, 0.3) is 0 Å². The highest BCUT2D eigenvalue weighted by atomic mass is 16.5. The second-order valence-electron chi connectivity index (χ2n) is 6.71. The van der Waals surface area contributed by atoms with E-state index >= 15 is 0 Å². The zero-order valence-electron chi connectivity index (χ0n) is 14.6. The van der Waals surface area contributed by atoms with Gasteiger partial charge >= 0.3 is 0 Å². The largest absolute Gasteiger partial charge is 0.489 e. The molecule has 0 radical (unpaired) electrons. The number of nitrogens with zero attached hydrogens (tertiary/aromatic N) is 2. The molecule has 24 heavy (non-hydrogen) atoms. The Hall–Kier alpha value is -2.07. The van der Waals surface area contributed by atoms with E-state index < -0.39 is 0 Å². The van der Waals surface area contributed by atoms with E-state index in [0.29, 0.717) is 6.04 Å². The van der Waals surface area contributed by atoms with Crippen LogP contribution in [-0.2, 0) is 6.54 Å². The fraction of sp³-hybridized carbons (Fsp3) is 0.450. The van der Waals surface area contributed by atoms with Crippen molar-refractivity contribution in [3.05, 3.63) is 54.4 Å². The molecule has 4 heteroatoms. The zero-order chi connectivity index (χ0) is 16.8. The van der Waals surface area contributed by atoms with Gasteiger partial charge in [-0.3, -0.25) is 9.88 Å². The first-order valence-corrected chi connectivity index (χ1v) is 8.84. The molecule has 0 aliphatic carbocycles. The third-order valence-corrected chi connectivity index (χ3v) is 4.35. The van der Waals surface area contributed by atoms with E-state index in [1.54, 1.807) is 0 Å². The number of aromatic nitrogens is 1. The summed E-state index contributed by atoms with van der Waals surface area (Å²) in [7, 11) is 0. The summed E-state index contributed by atoms with van der Waals surface area (Å²) in [4.78, 5) is 6.60. The van der Waals surface area contributed by atoms with Gasteiger partial charge in [-0.1, -0.05) is 12.1 Å². The molecule has 0 bridgehead atoms. The molecule has 1 aromatic heterocycles. The smallest absolute Gasteiger partial charge is 0.142 e. The van der Waals surface area contributed by atoms with Gasteiger partial charge in [-0.15, -0.1) is 0 Å². The Kier molecular flexibility index (Phi) is 5.70. The van der Waals surface area contributed by atoms with Gasteiger partial charge in [0.15, 0.2) is 0 Å². The summed E-state index contributed by atoms with van der Waals surface area (Å²) in [5.41, 5.74) is 2.45. The van der Waals surface area contributed by atoms with Crippen molar-refractivity contribution >= 4 is 5.69 Å². The highest BCUT2D eigenvalue weighted by Crippen LogP contribution is 2.27. The van der Waals surface area contributed by atoms with Crippen molar-refractivity contribution < 1.29 is 4.74 Å². The number of benzene rings is 1. The van der Waals surface area contributed by atoms with Crippen molar-refractivity contribution in [2.24, 2.45) is 0 Å². The van der Waals surface area contributed by atoms with Crippen LogP contribution in [0.5, 0.6) is 5.75 Å². The highest BCUT2D eigenvalue weighted by Gasteiger charge is 2.20. The van der Waals surface area contributed by atoms with Crippen LogP contribution in [-0.4, -0.2) is 35.1 Å². The predicted molar refractivity (Wildman–Crippen MR) is 98.4 cm³/mol. The molecule has 0 unspecified atom stereocenters. The Morgan fingerprint density at radius 2 is 1.83 bits per heavy atom. The van der Waals surface area contributed by atoms with E-state index in [0.717, 1.165) is 43.9 Å². The summed E-state index contributed by atoms with van der Waals surface area (Å²) in [6.07, 6.45) is 6.24. The molecule has 4 nitrogen and oxygen atoms in total. The van der Waals surface area contributed by atoms with Crippen LogP contribution in [0.15, 0.2) is 48.8 Å². The van der Waals surface area contributed by atoms with Crippen LogP contribution < -0.4 is 10.1 Å². The van der Waals surface area contributed by atoms with Gasteiger partial charge in [0.05, 0.1) is 11.8 Å². The van der Waals surface area contributed by atoms with Crippen LogP contribution in [0.2, 0.25) is 0 Å². The zero-order valence-corrected chi connectivity index (χ0v) is 14.6. The van der Waals surface area contributed by atoms with Crippen LogP contribution in [0, 0.1) is 0 Å². The number of para-hydroxylation sites is 2. The average molecular weight is 325 g/mol. The fourth-order valence-corrected chi connectivity index (χ4v) is 3.14. The van der Waals surface area contributed by atoms with E-state index in [-0.39, 0.29) is 6.10 Å². The van der Waals surface area contributed by atoms with Crippen LogP contribution in [0.25, 0.3) is 0 Å². The maximum absolute atomic E-state index is 5.91. The molecule has 0 saturated carbocycles. The van der Waals surface area contributed by atoms with Gasteiger partial charge < -0.3 is 10.1 Å². The van der Waals surface area contributed by atoms with Gasteiger partial charge in [0, 0.05) is 38.1 Å². The molecule has 0 atom stereocenters. The van der Waals surface area contributed by atoms with Gasteiger partial charge in [-0.05, 0) is 56.5 Å². The summed E-state index contributed by atoms with van der Waals surface area (Å²) in [5, 5.41) is 3.68. The van der Waals surface area contributed by atoms with E-state index in [4.69, 9.17) is 4.74 Å². The first-order chi connectivity index (χ1) is 11.7. The summed E-state index contributed by atoms with van der Waals surface area (Å²) >= 11 is 0. The number of piperidine rings is 1. The van der Waals surface area contributed by atoms with E-state index in [2.05, 4.69) is 53.3 Å². The molecule has 1 N–H and O–H groups in total. The molecular formula is C20H27N3O. The monoisotopic (exact) mass is 325 g/mol. The molecule has 1 aliphatic rings. The van der Waals surface area contributed by atoms with E-state index in [9.17, 15) is 0 Å². The van der Waals surface area contributed by atoms with E-state index in [1.165, 1.54) is 5.56 Å². The Morgan fingerprint density at radius 1 is 1.12 bits per heavy atom. The normalized spacial score (nSPS) is 16.3. The maximum atomic E-state index is 5.91. The van der Waals surface area contributed by atoms with Gasteiger partial charge in [0.1, 0.15) is 5.75 Å². The highest BCUT2D eigenvalue weighted by molar-refractivity contribution is 5.56. The third kappa shape index (κ3) is 4.71. The molecule has 1 aliphatic heterocycles. The van der Waals surface area contributed by atoms with Crippen molar-refractivity contribution in [2.75, 3.05) is 18.4 Å². The number of hydrogen-bond acceptors (Lipinski definition) is 4. The lowest BCUT2D eigenvalue weighted by molar-refractivity contribution is 0.210. The number of hydrogen-bond donors (Lipinski definition) is 1. The Balaban J connectivity index is 1.52. The number of ether oxygens (including phenoxy) is 1. The standard InChI is InChI=1S/C20H27N3O/c1-16(2)24-20-6-4-3-5-19(20)22-18-9-13-23(14-10-18)15-17-7-11-21-12-8-17/h3-8,11-12,16,18,22H,9-10,13-15H2,1-2H3. The molecule has 128 valence electrons. The lowest BCUT2D eigenvalue weighted by Crippen LogP contribution is -2.38. The molecule has 2 heterocycles. The van der Waals surface area contributed by atoms with Crippen molar-refractivity contribution in [3.8, 4) is 5.75 Å². The van der Waals surface area contributed by atoms with Gasteiger partial charge in [0.2, 0.25) is 0 Å². The molecule has 2 aromatic rings. The van der Waals surface area contributed by atoms with E-state index in [1.807, 2.05) is 24.5 Å². The van der Waals surface area contributed by atoms with Crippen molar-refractivity contribution in [1.82, 2.24) is 9.88 Å². The number of rotatable bonds is 6. The number of pyridine rings is 1. The Morgan fingerprint density at radius 3 is 2.54 bits per heavy atom. The maximum Gasteiger partial charge on any atom is 0.142 e. The van der Waals surface area contributed by atoms with Crippen molar-refractivity contribution in [3.63, 3.8) is 0 Å². The topological polar surface area (TPSA) is 37.4 Å². The van der Waals surface area contributed by atoms with Gasteiger partial charge in [-0.25, -0.2) is 0 Å². The van der Waals surface area contributed by atoms with Crippen LogP contribution in [0.1, 0.15) is 32.3 Å². The SMILES string of the molecule is CC(C)Oc1ccccc1NC1CCN(Cc2ccncc2)CC1. The summed E-state index contributed by atoms with van der Waals surface area (Å²) < 4.78 is 5.91. The molecular weight excluding hydrogens is 298 g/mol. The van der Waals surface area contributed by atoms with Crippen LogP contribution in [0.4, 0.5) is 5.69 Å². The predicted octanol–water partition coefficient (Wildman–Crippen LogP) is 3.95. The van der Waals surface area contributed by atoms with Gasteiger partial charge in [-0.2, -0.15) is 0 Å². The summed E-state index contributed by atoms with van der Waals surface area (Å²) in [5.74, 6) is 0.951. The minimum absolute atomic E-state index is 0.190. The first-order valence-electron chi connectivity index (χ1n) is 8.84. The van der Waals surface area contributed by atoms with Crippen LogP contribution in [0.3, 0.4) is 0 Å².